The summed E-state index contributed by atoms with van der Waals surface area (Å²) in [6.45, 7) is 0. The fourth-order valence-corrected chi connectivity index (χ4v) is 1.69. The molecule has 66 valence electrons. The van der Waals surface area contributed by atoms with Crippen LogP contribution in [0, 0.1) is 0 Å². The Balaban J connectivity index is 2.87. The first kappa shape index (κ1) is 8.38. The van der Waals surface area contributed by atoms with E-state index in [-0.39, 0.29) is 5.75 Å². The molecule has 0 heterocycles. The van der Waals surface area contributed by atoms with Gasteiger partial charge < -0.3 is 10.8 Å². The van der Waals surface area contributed by atoms with E-state index in [1.165, 1.54) is 0 Å². The van der Waals surface area contributed by atoms with Crippen molar-refractivity contribution in [2.45, 2.75) is 0 Å². The zero-order valence-corrected chi connectivity index (χ0v) is 8.38. The van der Waals surface area contributed by atoms with Crippen molar-refractivity contribution in [2.24, 2.45) is 0 Å². The van der Waals surface area contributed by atoms with E-state index in [2.05, 4.69) is 15.9 Å². The molecule has 2 aromatic rings. The number of anilines is 1. The standard InChI is InChI=1S/C10H8BrNO/c11-7-2-1-6-3-8(12)5-10(13)9(6)4-7/h1-5,13H,12H2. The predicted octanol–water partition coefficient (Wildman–Crippen LogP) is 2.89. The minimum atomic E-state index is 0.219. The second kappa shape index (κ2) is 2.92. The second-order valence-corrected chi connectivity index (χ2v) is 3.82. The first-order valence-electron chi connectivity index (χ1n) is 3.84. The van der Waals surface area contributed by atoms with Gasteiger partial charge in [0.25, 0.3) is 0 Å². The van der Waals surface area contributed by atoms with E-state index in [0.717, 1.165) is 15.2 Å². The molecule has 0 saturated carbocycles. The van der Waals surface area contributed by atoms with E-state index in [1.807, 2.05) is 24.3 Å². The minimum absolute atomic E-state index is 0.219. The minimum Gasteiger partial charge on any atom is -0.507 e. The van der Waals surface area contributed by atoms with E-state index in [1.54, 1.807) is 6.07 Å². The van der Waals surface area contributed by atoms with Crippen molar-refractivity contribution in [3.8, 4) is 5.75 Å². The fourth-order valence-electron chi connectivity index (χ4n) is 1.33. The van der Waals surface area contributed by atoms with Gasteiger partial charge in [-0.25, -0.2) is 0 Å². The lowest BCUT2D eigenvalue weighted by atomic mass is 10.1. The molecule has 0 radical (unpaired) electrons. The van der Waals surface area contributed by atoms with Crippen molar-refractivity contribution in [2.75, 3.05) is 5.73 Å². The summed E-state index contributed by atoms with van der Waals surface area (Å²) < 4.78 is 0.945. The molecule has 0 aliphatic heterocycles. The summed E-state index contributed by atoms with van der Waals surface area (Å²) in [4.78, 5) is 0. The van der Waals surface area contributed by atoms with Gasteiger partial charge in [0.1, 0.15) is 5.75 Å². The van der Waals surface area contributed by atoms with Gasteiger partial charge >= 0.3 is 0 Å². The van der Waals surface area contributed by atoms with Crippen LogP contribution < -0.4 is 5.73 Å². The Morgan fingerprint density at radius 3 is 2.69 bits per heavy atom. The first-order chi connectivity index (χ1) is 6.16. The molecule has 0 aliphatic carbocycles. The highest BCUT2D eigenvalue weighted by Crippen LogP contribution is 2.29. The summed E-state index contributed by atoms with van der Waals surface area (Å²) in [5, 5.41) is 11.3. The van der Waals surface area contributed by atoms with Crippen LogP contribution in [0.3, 0.4) is 0 Å². The average Bonchev–Trinajstić information content (AvgIpc) is 2.06. The van der Waals surface area contributed by atoms with Crippen LogP contribution in [0.15, 0.2) is 34.8 Å². The average molecular weight is 238 g/mol. The summed E-state index contributed by atoms with van der Waals surface area (Å²) in [6.07, 6.45) is 0. The Morgan fingerprint density at radius 1 is 1.15 bits per heavy atom. The molecule has 0 fully saturated rings. The molecule has 2 nitrogen and oxygen atoms in total. The molecule has 3 heteroatoms. The zero-order valence-electron chi connectivity index (χ0n) is 6.79. The van der Waals surface area contributed by atoms with Crippen LogP contribution in [0.1, 0.15) is 0 Å². The van der Waals surface area contributed by atoms with Crippen molar-refractivity contribution < 1.29 is 5.11 Å². The van der Waals surface area contributed by atoms with Crippen molar-refractivity contribution in [1.29, 1.82) is 0 Å². The lowest BCUT2D eigenvalue weighted by Gasteiger charge is -2.02. The van der Waals surface area contributed by atoms with Gasteiger partial charge in [0, 0.05) is 21.6 Å². The lowest BCUT2D eigenvalue weighted by Crippen LogP contribution is -1.84. The van der Waals surface area contributed by atoms with Crippen LogP contribution in [0.25, 0.3) is 10.8 Å². The molecule has 13 heavy (non-hydrogen) atoms. The van der Waals surface area contributed by atoms with Gasteiger partial charge in [0.05, 0.1) is 0 Å². The lowest BCUT2D eigenvalue weighted by molar-refractivity contribution is 0.482. The molecule has 0 unspecified atom stereocenters. The first-order valence-corrected chi connectivity index (χ1v) is 4.64. The molecule has 0 spiro atoms. The number of phenols is 1. The van der Waals surface area contributed by atoms with Crippen molar-refractivity contribution >= 4 is 32.4 Å². The molecule has 0 amide bonds. The molecule has 2 aromatic carbocycles. The van der Waals surface area contributed by atoms with E-state index >= 15 is 0 Å². The van der Waals surface area contributed by atoms with Gasteiger partial charge in [-0.1, -0.05) is 22.0 Å². The number of fused-ring (bicyclic) bond motifs is 1. The topological polar surface area (TPSA) is 46.2 Å². The normalized spacial score (nSPS) is 10.5. The van der Waals surface area contributed by atoms with Crippen LogP contribution in [0.5, 0.6) is 5.75 Å². The number of hydrogen-bond donors (Lipinski definition) is 2. The van der Waals surface area contributed by atoms with Gasteiger partial charge in [-0.2, -0.15) is 0 Å². The third kappa shape index (κ3) is 1.47. The summed E-state index contributed by atoms with van der Waals surface area (Å²) in [7, 11) is 0. The van der Waals surface area contributed by atoms with E-state index < -0.39 is 0 Å². The number of aromatic hydroxyl groups is 1. The van der Waals surface area contributed by atoms with Crippen LogP contribution in [0.4, 0.5) is 5.69 Å². The Kier molecular flexibility index (Phi) is 1.88. The summed E-state index contributed by atoms with van der Waals surface area (Å²) in [5.41, 5.74) is 6.17. The number of halogens is 1. The summed E-state index contributed by atoms with van der Waals surface area (Å²) in [6, 6.07) is 9.08. The monoisotopic (exact) mass is 237 g/mol. The molecule has 0 saturated heterocycles. The quantitative estimate of drug-likeness (QED) is 0.693. The molecule has 3 N–H and O–H groups in total. The number of nitrogen functional groups attached to an aromatic ring is 1. The van der Waals surface area contributed by atoms with E-state index in [9.17, 15) is 5.11 Å². The molecule has 2 rings (SSSR count). The number of hydrogen-bond acceptors (Lipinski definition) is 2. The maximum atomic E-state index is 9.58. The van der Waals surface area contributed by atoms with Crippen molar-refractivity contribution in [3.63, 3.8) is 0 Å². The molecule has 0 aliphatic rings. The Bertz CT molecular complexity index is 468. The largest absolute Gasteiger partial charge is 0.507 e. The number of rotatable bonds is 0. The number of nitrogens with two attached hydrogens (primary N) is 1. The SMILES string of the molecule is Nc1cc(O)c2cc(Br)ccc2c1. The highest BCUT2D eigenvalue weighted by Gasteiger charge is 2.01. The van der Waals surface area contributed by atoms with Gasteiger partial charge in [0.2, 0.25) is 0 Å². The zero-order chi connectivity index (χ0) is 9.42. The maximum absolute atomic E-state index is 9.58. The van der Waals surface area contributed by atoms with Gasteiger partial charge in [-0.3, -0.25) is 0 Å². The van der Waals surface area contributed by atoms with Gasteiger partial charge in [0.15, 0.2) is 0 Å². The maximum Gasteiger partial charge on any atom is 0.125 e. The van der Waals surface area contributed by atoms with Crippen LogP contribution in [-0.2, 0) is 0 Å². The molecule has 0 atom stereocenters. The van der Waals surface area contributed by atoms with Gasteiger partial charge in [-0.05, 0) is 23.6 Å². The Morgan fingerprint density at radius 2 is 1.92 bits per heavy atom. The second-order valence-electron chi connectivity index (χ2n) is 2.91. The highest BCUT2D eigenvalue weighted by molar-refractivity contribution is 9.10. The van der Waals surface area contributed by atoms with Gasteiger partial charge in [-0.15, -0.1) is 0 Å². The summed E-state index contributed by atoms with van der Waals surface area (Å²) in [5.74, 6) is 0.219. The molecular weight excluding hydrogens is 230 g/mol. The van der Waals surface area contributed by atoms with Crippen LogP contribution in [-0.4, -0.2) is 5.11 Å². The number of benzene rings is 2. The van der Waals surface area contributed by atoms with E-state index in [4.69, 9.17) is 5.73 Å². The number of phenolic OH excluding ortho intramolecular Hbond substituents is 1. The molecule has 0 bridgehead atoms. The molecule has 0 aromatic heterocycles. The Hall–Kier alpha value is -1.22. The third-order valence-electron chi connectivity index (χ3n) is 1.92. The molecular formula is C10H8BrNO. The third-order valence-corrected chi connectivity index (χ3v) is 2.41. The predicted molar refractivity (Wildman–Crippen MR) is 57.7 cm³/mol. The highest BCUT2D eigenvalue weighted by atomic mass is 79.9. The van der Waals surface area contributed by atoms with Crippen molar-refractivity contribution in [3.05, 3.63) is 34.8 Å². The smallest absolute Gasteiger partial charge is 0.125 e. The van der Waals surface area contributed by atoms with Crippen molar-refractivity contribution in [1.82, 2.24) is 0 Å². The Labute approximate surface area is 84.1 Å². The summed E-state index contributed by atoms with van der Waals surface area (Å²) >= 11 is 3.34. The van der Waals surface area contributed by atoms with Crippen LogP contribution in [0.2, 0.25) is 0 Å². The fraction of sp³-hybridized carbons (Fsp3) is 0. The van der Waals surface area contributed by atoms with E-state index in [0.29, 0.717) is 5.69 Å². The van der Waals surface area contributed by atoms with Crippen LogP contribution >= 0.6 is 15.9 Å².